The summed E-state index contributed by atoms with van der Waals surface area (Å²) in [6.07, 6.45) is 2.47. The van der Waals surface area contributed by atoms with Crippen molar-refractivity contribution >= 4 is 0 Å². The summed E-state index contributed by atoms with van der Waals surface area (Å²) in [5.74, 6) is 6.82. The first kappa shape index (κ1) is 8.89. The summed E-state index contributed by atoms with van der Waals surface area (Å²) in [6, 6.07) is 4.06. The van der Waals surface area contributed by atoms with Gasteiger partial charge in [-0.1, -0.05) is 0 Å². The third-order valence-electron chi connectivity index (χ3n) is 1.72. The Balaban J connectivity index is 2.61. The van der Waals surface area contributed by atoms with Crippen LogP contribution in [0.3, 0.4) is 0 Å². The minimum absolute atomic E-state index is 0.215. The smallest absolute Gasteiger partial charge is 0.121 e. The van der Waals surface area contributed by atoms with Gasteiger partial charge < -0.3 is 9.73 Å². The van der Waals surface area contributed by atoms with Crippen molar-refractivity contribution in [3.63, 3.8) is 0 Å². The molecule has 1 N–H and O–H groups in total. The largest absolute Gasteiger partial charge is 0.468 e. The molecule has 0 radical (unpaired) electrons. The SMILES string of the molecule is CC#CCC(NC)c1ccco1. The zero-order chi connectivity index (χ0) is 8.81. The van der Waals surface area contributed by atoms with Gasteiger partial charge in [0.1, 0.15) is 5.76 Å². The molecule has 0 saturated carbocycles. The topological polar surface area (TPSA) is 25.2 Å². The third kappa shape index (κ3) is 2.14. The molecule has 0 saturated heterocycles. The first-order valence-corrected chi connectivity index (χ1v) is 3.98. The van der Waals surface area contributed by atoms with Gasteiger partial charge in [0.2, 0.25) is 0 Å². The van der Waals surface area contributed by atoms with E-state index in [1.54, 1.807) is 6.26 Å². The molecule has 2 nitrogen and oxygen atoms in total. The summed E-state index contributed by atoms with van der Waals surface area (Å²) in [5.41, 5.74) is 0. The van der Waals surface area contributed by atoms with E-state index < -0.39 is 0 Å². The molecule has 1 rings (SSSR count). The normalized spacial score (nSPS) is 11.8. The second-order valence-electron chi connectivity index (χ2n) is 2.49. The molecule has 1 aromatic rings. The lowest BCUT2D eigenvalue weighted by Gasteiger charge is -2.08. The van der Waals surface area contributed by atoms with Gasteiger partial charge in [-0.05, 0) is 26.1 Å². The molecule has 0 aliphatic carbocycles. The molecule has 0 bridgehead atoms. The van der Waals surface area contributed by atoms with Crippen LogP contribution in [0.5, 0.6) is 0 Å². The van der Waals surface area contributed by atoms with E-state index in [2.05, 4.69) is 17.2 Å². The van der Waals surface area contributed by atoms with E-state index in [1.165, 1.54) is 0 Å². The Morgan fingerprint density at radius 2 is 2.50 bits per heavy atom. The van der Waals surface area contributed by atoms with Gasteiger partial charge in [-0.2, -0.15) is 0 Å². The average molecular weight is 163 g/mol. The predicted molar refractivity (Wildman–Crippen MR) is 48.6 cm³/mol. The van der Waals surface area contributed by atoms with E-state index in [0.717, 1.165) is 12.2 Å². The summed E-state index contributed by atoms with van der Waals surface area (Å²) < 4.78 is 5.25. The fraction of sp³-hybridized carbons (Fsp3) is 0.400. The molecule has 2 heteroatoms. The molecule has 1 unspecified atom stereocenters. The standard InChI is InChI=1S/C10H13NO/c1-3-4-6-9(11-2)10-7-5-8-12-10/h5,7-9,11H,6H2,1-2H3. The summed E-state index contributed by atoms with van der Waals surface area (Å²) in [6.45, 7) is 1.84. The van der Waals surface area contributed by atoms with Crippen LogP contribution in [0.1, 0.15) is 25.1 Å². The van der Waals surface area contributed by atoms with Crippen LogP contribution in [0.25, 0.3) is 0 Å². The lowest BCUT2D eigenvalue weighted by Crippen LogP contribution is -2.14. The predicted octanol–water partition coefficient (Wildman–Crippen LogP) is 1.95. The van der Waals surface area contributed by atoms with Crippen molar-refractivity contribution in [2.75, 3.05) is 7.05 Å². The molecule has 1 aromatic heterocycles. The van der Waals surface area contributed by atoms with E-state index in [9.17, 15) is 0 Å². The van der Waals surface area contributed by atoms with Gasteiger partial charge in [0.25, 0.3) is 0 Å². The Kier molecular flexibility index (Phi) is 3.43. The van der Waals surface area contributed by atoms with Crippen LogP contribution in [0.15, 0.2) is 22.8 Å². The fourth-order valence-electron chi connectivity index (χ4n) is 1.04. The Hall–Kier alpha value is -1.20. The van der Waals surface area contributed by atoms with Crippen LogP contribution < -0.4 is 5.32 Å². The van der Waals surface area contributed by atoms with Gasteiger partial charge in [0, 0.05) is 6.42 Å². The molecule has 0 aliphatic rings. The van der Waals surface area contributed by atoms with E-state index in [0.29, 0.717) is 0 Å². The van der Waals surface area contributed by atoms with E-state index in [4.69, 9.17) is 4.42 Å². The molecule has 64 valence electrons. The highest BCUT2D eigenvalue weighted by atomic mass is 16.3. The lowest BCUT2D eigenvalue weighted by molar-refractivity contribution is 0.436. The third-order valence-corrected chi connectivity index (χ3v) is 1.72. The van der Waals surface area contributed by atoms with Gasteiger partial charge in [0.05, 0.1) is 12.3 Å². The minimum Gasteiger partial charge on any atom is -0.468 e. The van der Waals surface area contributed by atoms with Crippen molar-refractivity contribution in [3.8, 4) is 11.8 Å². The highest BCUT2D eigenvalue weighted by Gasteiger charge is 2.09. The highest BCUT2D eigenvalue weighted by Crippen LogP contribution is 2.15. The zero-order valence-corrected chi connectivity index (χ0v) is 7.42. The van der Waals surface area contributed by atoms with Gasteiger partial charge in [0.15, 0.2) is 0 Å². The van der Waals surface area contributed by atoms with E-state index in [-0.39, 0.29) is 6.04 Å². The molecule has 0 aliphatic heterocycles. The second kappa shape index (κ2) is 4.63. The Labute approximate surface area is 73.0 Å². The number of nitrogens with one attached hydrogen (secondary N) is 1. The molecular weight excluding hydrogens is 150 g/mol. The van der Waals surface area contributed by atoms with Gasteiger partial charge >= 0.3 is 0 Å². The summed E-state index contributed by atoms with van der Waals surface area (Å²) in [4.78, 5) is 0. The molecule has 0 aromatic carbocycles. The molecular formula is C10H13NO. The number of furan rings is 1. The van der Waals surface area contributed by atoms with Crippen LogP contribution in [0.2, 0.25) is 0 Å². The zero-order valence-electron chi connectivity index (χ0n) is 7.42. The molecule has 12 heavy (non-hydrogen) atoms. The number of hydrogen-bond acceptors (Lipinski definition) is 2. The van der Waals surface area contributed by atoms with Gasteiger partial charge in [-0.3, -0.25) is 0 Å². The van der Waals surface area contributed by atoms with Crippen LogP contribution in [0.4, 0.5) is 0 Å². The fourth-order valence-corrected chi connectivity index (χ4v) is 1.04. The number of rotatable bonds is 3. The maximum Gasteiger partial charge on any atom is 0.121 e. The quantitative estimate of drug-likeness (QED) is 0.689. The van der Waals surface area contributed by atoms with Crippen LogP contribution >= 0.6 is 0 Å². The van der Waals surface area contributed by atoms with Crippen molar-refractivity contribution in [2.45, 2.75) is 19.4 Å². The summed E-state index contributed by atoms with van der Waals surface area (Å²) >= 11 is 0. The molecule has 1 heterocycles. The van der Waals surface area contributed by atoms with Gasteiger partial charge in [-0.25, -0.2) is 0 Å². The van der Waals surface area contributed by atoms with Crippen LogP contribution in [0, 0.1) is 11.8 Å². The summed E-state index contributed by atoms with van der Waals surface area (Å²) in [5, 5.41) is 3.14. The van der Waals surface area contributed by atoms with Crippen molar-refractivity contribution in [3.05, 3.63) is 24.2 Å². The minimum atomic E-state index is 0.215. The van der Waals surface area contributed by atoms with Crippen molar-refractivity contribution in [1.29, 1.82) is 0 Å². The molecule has 1 atom stereocenters. The van der Waals surface area contributed by atoms with Crippen molar-refractivity contribution < 1.29 is 4.42 Å². The second-order valence-corrected chi connectivity index (χ2v) is 2.49. The highest BCUT2D eigenvalue weighted by molar-refractivity contribution is 5.09. The Bertz CT molecular complexity index is 266. The van der Waals surface area contributed by atoms with E-state index >= 15 is 0 Å². The molecule has 0 spiro atoms. The Morgan fingerprint density at radius 3 is 3.00 bits per heavy atom. The first-order valence-electron chi connectivity index (χ1n) is 3.98. The number of hydrogen-bond donors (Lipinski definition) is 1. The van der Waals surface area contributed by atoms with Gasteiger partial charge in [-0.15, -0.1) is 11.8 Å². The van der Waals surface area contributed by atoms with Crippen molar-refractivity contribution in [2.24, 2.45) is 0 Å². The molecule has 0 amide bonds. The lowest BCUT2D eigenvalue weighted by atomic mass is 10.1. The monoisotopic (exact) mass is 163 g/mol. The molecule has 0 fully saturated rings. The first-order chi connectivity index (χ1) is 5.88. The maximum absolute atomic E-state index is 5.25. The van der Waals surface area contributed by atoms with Crippen molar-refractivity contribution in [1.82, 2.24) is 5.32 Å². The summed E-state index contributed by atoms with van der Waals surface area (Å²) in [7, 11) is 1.91. The average Bonchev–Trinajstić information content (AvgIpc) is 2.59. The Morgan fingerprint density at radius 1 is 1.67 bits per heavy atom. The maximum atomic E-state index is 5.25. The van der Waals surface area contributed by atoms with Crippen LogP contribution in [-0.4, -0.2) is 7.05 Å². The van der Waals surface area contributed by atoms with E-state index in [1.807, 2.05) is 26.1 Å². The van der Waals surface area contributed by atoms with Crippen LogP contribution in [-0.2, 0) is 0 Å².